The van der Waals surface area contributed by atoms with Crippen molar-refractivity contribution in [3.63, 3.8) is 0 Å². The normalized spacial score (nSPS) is 17.1. The minimum atomic E-state index is -0.744. The molecule has 30 heavy (non-hydrogen) atoms. The Balaban J connectivity index is 1.29. The van der Waals surface area contributed by atoms with Crippen LogP contribution < -0.4 is 4.74 Å². The van der Waals surface area contributed by atoms with Crippen LogP contribution in [0.4, 0.5) is 4.39 Å². The number of nitrogens with zero attached hydrogens (tertiary/aromatic N) is 4. The summed E-state index contributed by atoms with van der Waals surface area (Å²) >= 11 is 0. The Hall–Kier alpha value is -3.26. The van der Waals surface area contributed by atoms with Crippen molar-refractivity contribution in [2.45, 2.75) is 25.0 Å². The van der Waals surface area contributed by atoms with Crippen LogP contribution in [0.1, 0.15) is 28.3 Å². The molecule has 1 fully saturated rings. The summed E-state index contributed by atoms with van der Waals surface area (Å²) < 4.78 is 18.7. The maximum absolute atomic E-state index is 13.1. The van der Waals surface area contributed by atoms with Gasteiger partial charge in [0.2, 0.25) is 0 Å². The minimum absolute atomic E-state index is 0.0315. The van der Waals surface area contributed by atoms with E-state index in [4.69, 9.17) is 4.74 Å². The van der Waals surface area contributed by atoms with Gasteiger partial charge in [-0.3, -0.25) is 4.79 Å². The number of halogens is 1. The molecular formula is C22H23FN4O3. The zero-order valence-corrected chi connectivity index (χ0v) is 16.4. The van der Waals surface area contributed by atoms with Crippen molar-refractivity contribution in [3.05, 3.63) is 77.9 Å². The molecule has 1 aliphatic rings. The Kier molecular flexibility index (Phi) is 6.04. The van der Waals surface area contributed by atoms with E-state index in [2.05, 4.69) is 10.2 Å². The van der Waals surface area contributed by atoms with Crippen LogP contribution in [0.15, 0.2) is 60.9 Å². The number of ether oxygens (including phenoxy) is 1. The molecule has 7 nitrogen and oxygen atoms in total. The number of hydrogen-bond donors (Lipinski definition) is 1. The quantitative estimate of drug-likeness (QED) is 0.647. The van der Waals surface area contributed by atoms with Gasteiger partial charge in [0.25, 0.3) is 5.91 Å². The SMILES string of the molecule is O=C(c1ccc(OCC(O)Cn2nccn2)cc1)N1CCC(c2ccc(F)cc2)C1. The highest BCUT2D eigenvalue weighted by Gasteiger charge is 2.28. The van der Waals surface area contributed by atoms with E-state index in [-0.39, 0.29) is 30.8 Å². The number of hydrogen-bond acceptors (Lipinski definition) is 5. The number of aliphatic hydroxyl groups excluding tert-OH is 1. The highest BCUT2D eigenvalue weighted by atomic mass is 19.1. The summed E-state index contributed by atoms with van der Waals surface area (Å²) in [6.07, 6.45) is 3.21. The number of benzene rings is 2. The van der Waals surface area contributed by atoms with Gasteiger partial charge in [0.15, 0.2) is 0 Å². The first-order valence-corrected chi connectivity index (χ1v) is 9.88. The van der Waals surface area contributed by atoms with E-state index < -0.39 is 6.10 Å². The molecule has 2 heterocycles. The summed E-state index contributed by atoms with van der Waals surface area (Å²) in [5.41, 5.74) is 1.64. The zero-order chi connectivity index (χ0) is 20.9. The van der Waals surface area contributed by atoms with E-state index in [1.165, 1.54) is 16.9 Å². The van der Waals surface area contributed by atoms with E-state index in [0.717, 1.165) is 12.0 Å². The van der Waals surface area contributed by atoms with Gasteiger partial charge >= 0.3 is 0 Å². The van der Waals surface area contributed by atoms with Crippen molar-refractivity contribution >= 4 is 5.91 Å². The maximum atomic E-state index is 13.1. The average molecular weight is 410 g/mol. The standard InChI is InChI=1S/C22H23FN4O3/c23-19-5-1-16(2-6-19)18-9-12-26(13-18)22(29)17-3-7-21(8-4-17)30-15-20(28)14-27-24-10-11-25-27/h1-8,10-11,18,20,28H,9,12-15H2. The molecule has 1 aliphatic heterocycles. The fourth-order valence-electron chi connectivity index (χ4n) is 3.60. The summed E-state index contributed by atoms with van der Waals surface area (Å²) in [6.45, 7) is 1.64. The van der Waals surface area contributed by atoms with Crippen molar-refractivity contribution in [3.8, 4) is 5.75 Å². The fourth-order valence-corrected chi connectivity index (χ4v) is 3.60. The molecule has 3 aromatic rings. The Morgan fingerprint density at radius 2 is 1.83 bits per heavy atom. The topological polar surface area (TPSA) is 80.5 Å². The lowest BCUT2D eigenvalue weighted by Crippen LogP contribution is -2.28. The third-order valence-electron chi connectivity index (χ3n) is 5.20. The van der Waals surface area contributed by atoms with Gasteiger partial charge in [-0.1, -0.05) is 12.1 Å². The first-order chi connectivity index (χ1) is 14.6. The van der Waals surface area contributed by atoms with Crippen LogP contribution in [0, 0.1) is 5.82 Å². The predicted octanol–water partition coefficient (Wildman–Crippen LogP) is 2.49. The number of amides is 1. The number of carbonyl (C=O) groups excluding carboxylic acids is 1. The number of likely N-dealkylation sites (tertiary alicyclic amines) is 1. The molecular weight excluding hydrogens is 387 g/mol. The number of aliphatic hydroxyl groups is 1. The average Bonchev–Trinajstić information content (AvgIpc) is 3.45. The number of carbonyl (C=O) groups is 1. The van der Waals surface area contributed by atoms with Crippen molar-refractivity contribution in [2.24, 2.45) is 0 Å². The monoisotopic (exact) mass is 410 g/mol. The van der Waals surface area contributed by atoms with Gasteiger partial charge < -0.3 is 14.7 Å². The molecule has 4 rings (SSSR count). The lowest BCUT2D eigenvalue weighted by atomic mass is 9.99. The highest BCUT2D eigenvalue weighted by molar-refractivity contribution is 5.94. The lowest BCUT2D eigenvalue weighted by molar-refractivity contribution is 0.0789. The minimum Gasteiger partial charge on any atom is -0.491 e. The van der Waals surface area contributed by atoms with Crippen LogP contribution >= 0.6 is 0 Å². The maximum Gasteiger partial charge on any atom is 0.253 e. The number of rotatable bonds is 7. The molecule has 0 spiro atoms. The van der Waals surface area contributed by atoms with E-state index >= 15 is 0 Å². The molecule has 1 N–H and O–H groups in total. The van der Waals surface area contributed by atoms with E-state index in [9.17, 15) is 14.3 Å². The lowest BCUT2D eigenvalue weighted by Gasteiger charge is -2.17. The largest absolute Gasteiger partial charge is 0.491 e. The Morgan fingerprint density at radius 3 is 2.53 bits per heavy atom. The van der Waals surface area contributed by atoms with E-state index in [1.54, 1.807) is 48.8 Å². The second-order valence-electron chi connectivity index (χ2n) is 7.36. The van der Waals surface area contributed by atoms with E-state index in [1.807, 2.05) is 4.90 Å². The summed E-state index contributed by atoms with van der Waals surface area (Å²) in [6, 6.07) is 13.4. The van der Waals surface area contributed by atoms with Crippen molar-refractivity contribution in [1.29, 1.82) is 0 Å². The third kappa shape index (κ3) is 4.83. The van der Waals surface area contributed by atoms with Crippen molar-refractivity contribution < 1.29 is 19.0 Å². The highest BCUT2D eigenvalue weighted by Crippen LogP contribution is 2.28. The van der Waals surface area contributed by atoms with Crippen molar-refractivity contribution in [2.75, 3.05) is 19.7 Å². The van der Waals surface area contributed by atoms with Gasteiger partial charge in [-0.05, 0) is 48.4 Å². The molecule has 1 saturated heterocycles. The molecule has 0 radical (unpaired) electrons. The predicted molar refractivity (Wildman–Crippen MR) is 108 cm³/mol. The van der Waals surface area contributed by atoms with Gasteiger partial charge in [-0.2, -0.15) is 15.0 Å². The van der Waals surface area contributed by atoms with Gasteiger partial charge in [0, 0.05) is 24.6 Å². The summed E-state index contributed by atoms with van der Waals surface area (Å²) in [5, 5.41) is 17.9. The molecule has 1 aromatic heterocycles. The molecule has 1 amide bonds. The fraction of sp³-hybridized carbons (Fsp3) is 0.318. The van der Waals surface area contributed by atoms with Crippen LogP contribution in [-0.2, 0) is 6.54 Å². The zero-order valence-electron chi connectivity index (χ0n) is 16.4. The van der Waals surface area contributed by atoms with Gasteiger partial charge in [0.05, 0.1) is 18.9 Å². The summed E-state index contributed by atoms with van der Waals surface area (Å²) in [4.78, 5) is 16.0. The van der Waals surface area contributed by atoms with Crippen molar-refractivity contribution in [1.82, 2.24) is 19.9 Å². The summed E-state index contributed by atoms with van der Waals surface area (Å²) in [5.74, 6) is 0.515. The van der Waals surface area contributed by atoms with Gasteiger partial charge in [-0.25, -0.2) is 4.39 Å². The molecule has 0 bridgehead atoms. The molecule has 2 atom stereocenters. The van der Waals surface area contributed by atoms with Crippen LogP contribution in [0.5, 0.6) is 5.75 Å². The van der Waals surface area contributed by atoms with Gasteiger partial charge in [-0.15, -0.1) is 0 Å². The molecule has 0 aliphatic carbocycles. The van der Waals surface area contributed by atoms with Crippen LogP contribution in [0.25, 0.3) is 0 Å². The second-order valence-corrected chi connectivity index (χ2v) is 7.36. The summed E-state index contributed by atoms with van der Waals surface area (Å²) in [7, 11) is 0. The van der Waals surface area contributed by atoms with Gasteiger partial charge in [0.1, 0.15) is 24.3 Å². The van der Waals surface area contributed by atoms with Crippen LogP contribution in [0.3, 0.4) is 0 Å². The Labute approximate surface area is 173 Å². The number of aromatic nitrogens is 3. The Morgan fingerprint density at radius 1 is 1.13 bits per heavy atom. The molecule has 2 aromatic carbocycles. The first kappa shape index (κ1) is 20.0. The van der Waals surface area contributed by atoms with Crippen LogP contribution in [-0.4, -0.2) is 56.7 Å². The molecule has 156 valence electrons. The van der Waals surface area contributed by atoms with Crippen LogP contribution in [0.2, 0.25) is 0 Å². The molecule has 0 saturated carbocycles. The second kappa shape index (κ2) is 9.04. The third-order valence-corrected chi connectivity index (χ3v) is 5.20. The van der Waals surface area contributed by atoms with E-state index in [0.29, 0.717) is 24.4 Å². The molecule has 8 heteroatoms. The smallest absolute Gasteiger partial charge is 0.253 e. The molecule has 2 unspecified atom stereocenters. The Bertz CT molecular complexity index is 961. The first-order valence-electron chi connectivity index (χ1n) is 9.88.